The van der Waals surface area contributed by atoms with E-state index in [0.717, 1.165) is 22.6 Å². The fourth-order valence-corrected chi connectivity index (χ4v) is 2.51. The van der Waals surface area contributed by atoms with E-state index in [1.54, 1.807) is 14.2 Å². The number of hydrogen-bond acceptors (Lipinski definition) is 6. The highest BCUT2D eigenvalue weighted by molar-refractivity contribution is 5.67. The predicted molar refractivity (Wildman–Crippen MR) is 99.4 cm³/mol. The summed E-state index contributed by atoms with van der Waals surface area (Å²) in [5.41, 5.74) is 9.98. The number of nitrogens with zero attached hydrogens (tertiary/aromatic N) is 2. The van der Waals surface area contributed by atoms with E-state index in [-0.39, 0.29) is 0 Å². The first-order valence-corrected chi connectivity index (χ1v) is 7.79. The SMILES string of the molecule is COc1ccc(Nc2nc(C)cc(-c3cccc(N)c3)n2)cc1OC. The van der Waals surface area contributed by atoms with Crippen LogP contribution in [0.1, 0.15) is 5.69 Å². The zero-order chi connectivity index (χ0) is 17.8. The average Bonchev–Trinajstić information content (AvgIpc) is 2.61. The fraction of sp³-hybridized carbons (Fsp3) is 0.158. The van der Waals surface area contributed by atoms with Gasteiger partial charge in [0.05, 0.1) is 19.9 Å². The molecule has 0 spiro atoms. The highest BCUT2D eigenvalue weighted by Crippen LogP contribution is 2.31. The fourth-order valence-electron chi connectivity index (χ4n) is 2.51. The van der Waals surface area contributed by atoms with Crippen molar-refractivity contribution in [2.24, 2.45) is 0 Å². The summed E-state index contributed by atoms with van der Waals surface area (Å²) in [6.07, 6.45) is 0. The molecule has 0 saturated carbocycles. The molecule has 0 fully saturated rings. The molecule has 6 nitrogen and oxygen atoms in total. The Bertz CT molecular complexity index is 896. The minimum absolute atomic E-state index is 0.504. The molecular formula is C19H20N4O2. The highest BCUT2D eigenvalue weighted by Gasteiger charge is 2.08. The summed E-state index contributed by atoms with van der Waals surface area (Å²) in [5.74, 6) is 1.81. The first-order valence-electron chi connectivity index (χ1n) is 7.79. The van der Waals surface area contributed by atoms with Crippen LogP contribution in [0.3, 0.4) is 0 Å². The lowest BCUT2D eigenvalue weighted by Crippen LogP contribution is -2.01. The monoisotopic (exact) mass is 336 g/mol. The molecule has 3 rings (SSSR count). The number of anilines is 3. The van der Waals surface area contributed by atoms with Gasteiger partial charge < -0.3 is 20.5 Å². The van der Waals surface area contributed by atoms with Gasteiger partial charge in [0.2, 0.25) is 5.95 Å². The molecule has 1 aromatic heterocycles. The number of ether oxygens (including phenoxy) is 2. The lowest BCUT2D eigenvalue weighted by molar-refractivity contribution is 0.355. The molecular weight excluding hydrogens is 316 g/mol. The van der Waals surface area contributed by atoms with Gasteiger partial charge in [-0.1, -0.05) is 12.1 Å². The summed E-state index contributed by atoms with van der Waals surface area (Å²) >= 11 is 0. The van der Waals surface area contributed by atoms with Crippen LogP contribution in [0, 0.1) is 6.92 Å². The number of nitrogens with one attached hydrogen (secondary N) is 1. The van der Waals surface area contributed by atoms with Gasteiger partial charge in [0, 0.05) is 28.7 Å². The average molecular weight is 336 g/mol. The maximum atomic E-state index is 5.87. The number of nitrogens with two attached hydrogens (primary N) is 1. The van der Waals surface area contributed by atoms with Gasteiger partial charge in [-0.15, -0.1) is 0 Å². The largest absolute Gasteiger partial charge is 0.493 e. The molecule has 6 heteroatoms. The first kappa shape index (κ1) is 16.6. The van der Waals surface area contributed by atoms with Crippen molar-refractivity contribution in [3.05, 3.63) is 54.2 Å². The maximum Gasteiger partial charge on any atom is 0.227 e. The Balaban J connectivity index is 1.93. The van der Waals surface area contributed by atoms with Crippen molar-refractivity contribution in [1.29, 1.82) is 0 Å². The van der Waals surface area contributed by atoms with Gasteiger partial charge in [0.25, 0.3) is 0 Å². The molecule has 3 aromatic rings. The van der Waals surface area contributed by atoms with Gasteiger partial charge in [-0.05, 0) is 37.3 Å². The molecule has 128 valence electrons. The van der Waals surface area contributed by atoms with Crippen molar-refractivity contribution in [3.63, 3.8) is 0 Å². The van der Waals surface area contributed by atoms with Crippen molar-refractivity contribution < 1.29 is 9.47 Å². The van der Waals surface area contributed by atoms with Crippen molar-refractivity contribution in [2.45, 2.75) is 6.92 Å². The van der Waals surface area contributed by atoms with E-state index < -0.39 is 0 Å². The molecule has 2 aromatic carbocycles. The van der Waals surface area contributed by atoms with E-state index in [4.69, 9.17) is 15.2 Å². The Morgan fingerprint density at radius 1 is 0.920 bits per heavy atom. The van der Waals surface area contributed by atoms with E-state index in [1.807, 2.05) is 55.5 Å². The van der Waals surface area contributed by atoms with Gasteiger partial charge in [0.1, 0.15) is 0 Å². The number of methoxy groups -OCH3 is 2. The molecule has 0 aliphatic heterocycles. The van der Waals surface area contributed by atoms with E-state index >= 15 is 0 Å². The van der Waals surface area contributed by atoms with Crippen LogP contribution in [0.4, 0.5) is 17.3 Å². The zero-order valence-electron chi connectivity index (χ0n) is 14.4. The summed E-state index contributed by atoms with van der Waals surface area (Å²) in [4.78, 5) is 9.04. The van der Waals surface area contributed by atoms with Gasteiger partial charge in [-0.3, -0.25) is 0 Å². The first-order chi connectivity index (χ1) is 12.1. The van der Waals surface area contributed by atoms with Crippen molar-refractivity contribution in [1.82, 2.24) is 9.97 Å². The van der Waals surface area contributed by atoms with Crippen LogP contribution in [0.25, 0.3) is 11.3 Å². The molecule has 0 bridgehead atoms. The Morgan fingerprint density at radius 3 is 2.44 bits per heavy atom. The number of nitrogen functional groups attached to an aromatic ring is 1. The van der Waals surface area contributed by atoms with Gasteiger partial charge in [-0.25, -0.2) is 9.97 Å². The minimum atomic E-state index is 0.504. The van der Waals surface area contributed by atoms with E-state index in [2.05, 4.69) is 15.3 Å². The Morgan fingerprint density at radius 2 is 1.72 bits per heavy atom. The molecule has 1 heterocycles. The minimum Gasteiger partial charge on any atom is -0.493 e. The summed E-state index contributed by atoms with van der Waals surface area (Å²) in [7, 11) is 3.20. The summed E-state index contributed by atoms with van der Waals surface area (Å²) in [6.45, 7) is 1.93. The number of rotatable bonds is 5. The van der Waals surface area contributed by atoms with E-state index in [1.165, 1.54) is 0 Å². The number of benzene rings is 2. The third kappa shape index (κ3) is 3.80. The number of hydrogen-bond donors (Lipinski definition) is 2. The summed E-state index contributed by atoms with van der Waals surface area (Å²) in [6, 6.07) is 15.1. The van der Waals surface area contributed by atoms with Crippen LogP contribution in [0.2, 0.25) is 0 Å². The van der Waals surface area contributed by atoms with Crippen LogP contribution >= 0.6 is 0 Å². The number of aromatic nitrogens is 2. The number of aryl methyl sites for hydroxylation is 1. The van der Waals surface area contributed by atoms with Crippen molar-refractivity contribution >= 4 is 17.3 Å². The van der Waals surface area contributed by atoms with E-state index in [9.17, 15) is 0 Å². The summed E-state index contributed by atoms with van der Waals surface area (Å²) < 4.78 is 10.6. The Kier molecular flexibility index (Phi) is 4.70. The van der Waals surface area contributed by atoms with Crippen LogP contribution in [0.15, 0.2) is 48.5 Å². The second-order valence-electron chi connectivity index (χ2n) is 5.54. The molecule has 3 N–H and O–H groups in total. The lowest BCUT2D eigenvalue weighted by Gasteiger charge is -2.12. The molecule has 0 radical (unpaired) electrons. The second kappa shape index (κ2) is 7.09. The van der Waals surface area contributed by atoms with E-state index in [0.29, 0.717) is 23.1 Å². The standard InChI is InChI=1S/C19H20N4O2/c1-12-9-16(13-5-4-6-14(20)10-13)23-19(21-12)22-15-7-8-17(24-2)18(11-15)25-3/h4-11H,20H2,1-3H3,(H,21,22,23). The van der Waals surface area contributed by atoms with Gasteiger partial charge in [0.15, 0.2) is 11.5 Å². The molecule has 0 aliphatic rings. The molecule has 0 saturated heterocycles. The Labute approximate surface area is 146 Å². The van der Waals surface area contributed by atoms with Crippen LogP contribution < -0.4 is 20.5 Å². The third-order valence-electron chi connectivity index (χ3n) is 3.68. The lowest BCUT2D eigenvalue weighted by atomic mass is 10.1. The van der Waals surface area contributed by atoms with Crippen molar-refractivity contribution in [2.75, 3.05) is 25.3 Å². The third-order valence-corrected chi connectivity index (χ3v) is 3.68. The normalized spacial score (nSPS) is 10.4. The molecule has 25 heavy (non-hydrogen) atoms. The van der Waals surface area contributed by atoms with Crippen LogP contribution in [0.5, 0.6) is 11.5 Å². The van der Waals surface area contributed by atoms with Gasteiger partial charge in [-0.2, -0.15) is 0 Å². The quantitative estimate of drug-likeness (QED) is 0.690. The molecule has 0 aliphatic carbocycles. The van der Waals surface area contributed by atoms with Crippen molar-refractivity contribution in [3.8, 4) is 22.8 Å². The Hall–Kier alpha value is -3.28. The zero-order valence-corrected chi connectivity index (χ0v) is 14.4. The van der Waals surface area contributed by atoms with Crippen LogP contribution in [-0.2, 0) is 0 Å². The highest BCUT2D eigenvalue weighted by atomic mass is 16.5. The molecule has 0 unspecified atom stereocenters. The van der Waals surface area contributed by atoms with Gasteiger partial charge >= 0.3 is 0 Å². The molecule has 0 amide bonds. The summed E-state index contributed by atoms with van der Waals surface area (Å²) in [5, 5.41) is 3.21. The topological polar surface area (TPSA) is 82.3 Å². The maximum absolute atomic E-state index is 5.87. The predicted octanol–water partition coefficient (Wildman–Crippen LogP) is 3.80. The second-order valence-corrected chi connectivity index (χ2v) is 5.54. The molecule has 0 atom stereocenters. The van der Waals surface area contributed by atoms with Crippen LogP contribution in [-0.4, -0.2) is 24.2 Å². The smallest absolute Gasteiger partial charge is 0.227 e.